The normalized spacial score (nSPS) is 12.1. The number of ether oxygens (including phenoxy) is 1. The molecule has 19 heavy (non-hydrogen) atoms. The van der Waals surface area contributed by atoms with Gasteiger partial charge in [-0.1, -0.05) is 20.8 Å². The molecular formula is C14H20N2O3. The van der Waals surface area contributed by atoms with Gasteiger partial charge in [-0.2, -0.15) is 0 Å². The Kier molecular flexibility index (Phi) is 5.48. The van der Waals surface area contributed by atoms with Gasteiger partial charge in [-0.3, -0.25) is 4.79 Å². The Hall–Kier alpha value is -1.91. The highest BCUT2D eigenvalue weighted by Gasteiger charge is 2.15. The molecule has 0 aliphatic rings. The van der Waals surface area contributed by atoms with E-state index in [1.54, 1.807) is 6.07 Å². The lowest BCUT2D eigenvalue weighted by Crippen LogP contribution is -2.21. The molecule has 1 atom stereocenters. The average Bonchev–Trinajstić information content (AvgIpc) is 2.37. The SMILES string of the molecule is COC(=O)c1ccc(NC(=O)C(C)CC(C)C)cn1. The molecule has 1 amide bonds. The van der Waals surface area contributed by atoms with Crippen LogP contribution in [0.4, 0.5) is 5.69 Å². The number of nitrogens with zero attached hydrogens (tertiary/aromatic N) is 1. The quantitative estimate of drug-likeness (QED) is 0.830. The van der Waals surface area contributed by atoms with Crippen LogP contribution in [0.15, 0.2) is 18.3 Å². The molecule has 1 unspecified atom stereocenters. The van der Waals surface area contributed by atoms with Crippen molar-refractivity contribution in [3.8, 4) is 0 Å². The Bertz CT molecular complexity index is 441. The van der Waals surface area contributed by atoms with E-state index in [1.807, 2.05) is 6.92 Å². The first kappa shape index (κ1) is 15.1. The fourth-order valence-corrected chi connectivity index (χ4v) is 1.77. The molecule has 1 heterocycles. The minimum atomic E-state index is -0.494. The van der Waals surface area contributed by atoms with Gasteiger partial charge in [-0.25, -0.2) is 9.78 Å². The van der Waals surface area contributed by atoms with Gasteiger partial charge in [-0.15, -0.1) is 0 Å². The summed E-state index contributed by atoms with van der Waals surface area (Å²) in [6.45, 7) is 6.05. The molecule has 104 valence electrons. The lowest BCUT2D eigenvalue weighted by Gasteiger charge is -2.14. The summed E-state index contributed by atoms with van der Waals surface area (Å²) in [6.07, 6.45) is 2.28. The maximum atomic E-state index is 11.9. The number of carbonyl (C=O) groups is 2. The largest absolute Gasteiger partial charge is 0.464 e. The van der Waals surface area contributed by atoms with Gasteiger partial charge >= 0.3 is 5.97 Å². The van der Waals surface area contributed by atoms with E-state index in [1.165, 1.54) is 19.4 Å². The number of carbonyl (C=O) groups excluding carboxylic acids is 2. The molecule has 1 rings (SSSR count). The van der Waals surface area contributed by atoms with Gasteiger partial charge < -0.3 is 10.1 Å². The van der Waals surface area contributed by atoms with Crippen LogP contribution in [0.2, 0.25) is 0 Å². The first-order chi connectivity index (χ1) is 8.93. The molecule has 1 aromatic heterocycles. The minimum absolute atomic E-state index is 0.0404. The van der Waals surface area contributed by atoms with E-state index in [-0.39, 0.29) is 17.5 Å². The monoisotopic (exact) mass is 264 g/mol. The standard InChI is InChI=1S/C14H20N2O3/c1-9(2)7-10(3)13(17)16-11-5-6-12(15-8-11)14(18)19-4/h5-6,8-10H,7H2,1-4H3,(H,16,17). The highest BCUT2D eigenvalue weighted by molar-refractivity contribution is 5.93. The van der Waals surface area contributed by atoms with E-state index < -0.39 is 5.97 Å². The van der Waals surface area contributed by atoms with Crippen LogP contribution in [0.25, 0.3) is 0 Å². The van der Waals surface area contributed by atoms with Crippen molar-refractivity contribution < 1.29 is 14.3 Å². The number of methoxy groups -OCH3 is 1. The fraction of sp³-hybridized carbons (Fsp3) is 0.500. The van der Waals surface area contributed by atoms with Gasteiger partial charge in [0.2, 0.25) is 5.91 Å². The van der Waals surface area contributed by atoms with Crippen molar-refractivity contribution in [3.63, 3.8) is 0 Å². The van der Waals surface area contributed by atoms with Gasteiger partial charge in [0.25, 0.3) is 0 Å². The van der Waals surface area contributed by atoms with Gasteiger partial charge in [0.15, 0.2) is 0 Å². The summed E-state index contributed by atoms with van der Waals surface area (Å²) < 4.78 is 4.55. The second-order valence-electron chi connectivity index (χ2n) is 4.94. The predicted molar refractivity (Wildman–Crippen MR) is 72.8 cm³/mol. The summed E-state index contributed by atoms with van der Waals surface area (Å²) in [4.78, 5) is 27.0. The molecule has 0 bridgehead atoms. The van der Waals surface area contributed by atoms with E-state index in [0.717, 1.165) is 6.42 Å². The van der Waals surface area contributed by atoms with Crippen LogP contribution in [0.5, 0.6) is 0 Å². The molecule has 1 aromatic rings. The number of esters is 1. The summed E-state index contributed by atoms with van der Waals surface area (Å²) >= 11 is 0. The summed E-state index contributed by atoms with van der Waals surface area (Å²) in [5.74, 6) is -0.117. The zero-order chi connectivity index (χ0) is 14.4. The third kappa shape index (κ3) is 4.69. The Balaban J connectivity index is 2.62. The number of hydrogen-bond acceptors (Lipinski definition) is 4. The molecule has 0 aliphatic carbocycles. The second kappa shape index (κ2) is 6.87. The highest BCUT2D eigenvalue weighted by Crippen LogP contribution is 2.14. The topological polar surface area (TPSA) is 68.3 Å². The van der Waals surface area contributed by atoms with Crippen LogP contribution in [0.3, 0.4) is 0 Å². The molecule has 5 heteroatoms. The molecule has 0 aliphatic heterocycles. The minimum Gasteiger partial charge on any atom is -0.464 e. The van der Waals surface area contributed by atoms with Crippen molar-refractivity contribution in [1.82, 2.24) is 4.98 Å². The molecule has 0 spiro atoms. The van der Waals surface area contributed by atoms with Crippen LogP contribution in [-0.4, -0.2) is 24.0 Å². The zero-order valence-electron chi connectivity index (χ0n) is 11.8. The molecule has 0 fully saturated rings. The third-order valence-electron chi connectivity index (χ3n) is 2.70. The number of nitrogens with one attached hydrogen (secondary N) is 1. The maximum Gasteiger partial charge on any atom is 0.356 e. The summed E-state index contributed by atoms with van der Waals surface area (Å²) in [7, 11) is 1.30. The van der Waals surface area contributed by atoms with Crippen molar-refractivity contribution >= 4 is 17.6 Å². The van der Waals surface area contributed by atoms with Crippen molar-refractivity contribution in [1.29, 1.82) is 0 Å². The van der Waals surface area contributed by atoms with Crippen LogP contribution >= 0.6 is 0 Å². The molecule has 0 saturated carbocycles. The van der Waals surface area contributed by atoms with Gasteiger partial charge in [0, 0.05) is 5.92 Å². The number of hydrogen-bond donors (Lipinski definition) is 1. The molecule has 1 N–H and O–H groups in total. The number of aromatic nitrogens is 1. The number of anilines is 1. The Morgan fingerprint density at radius 3 is 2.47 bits per heavy atom. The molecule has 0 saturated heterocycles. The fourth-order valence-electron chi connectivity index (χ4n) is 1.77. The van der Waals surface area contributed by atoms with Gasteiger partial charge in [0.05, 0.1) is 19.0 Å². The Labute approximate surface area is 113 Å². The molecule has 0 radical (unpaired) electrons. The Morgan fingerprint density at radius 2 is 2.00 bits per heavy atom. The lowest BCUT2D eigenvalue weighted by molar-refractivity contribution is -0.119. The average molecular weight is 264 g/mol. The lowest BCUT2D eigenvalue weighted by atomic mass is 9.98. The zero-order valence-corrected chi connectivity index (χ0v) is 11.8. The number of pyridine rings is 1. The number of amides is 1. The smallest absolute Gasteiger partial charge is 0.356 e. The first-order valence-corrected chi connectivity index (χ1v) is 6.29. The van der Waals surface area contributed by atoms with Gasteiger partial charge in [-0.05, 0) is 24.5 Å². The van der Waals surface area contributed by atoms with Crippen LogP contribution in [0, 0.1) is 11.8 Å². The van der Waals surface area contributed by atoms with E-state index in [4.69, 9.17) is 0 Å². The summed E-state index contributed by atoms with van der Waals surface area (Å²) in [5, 5.41) is 2.78. The predicted octanol–water partition coefficient (Wildman–Crippen LogP) is 2.49. The van der Waals surface area contributed by atoms with Crippen LogP contribution in [-0.2, 0) is 9.53 Å². The highest BCUT2D eigenvalue weighted by atomic mass is 16.5. The molecule has 0 aromatic carbocycles. The maximum absolute atomic E-state index is 11.9. The van der Waals surface area contributed by atoms with E-state index in [2.05, 4.69) is 28.9 Å². The summed E-state index contributed by atoms with van der Waals surface area (Å²) in [6, 6.07) is 3.16. The van der Waals surface area contributed by atoms with Crippen molar-refractivity contribution in [3.05, 3.63) is 24.0 Å². The molecule has 5 nitrogen and oxygen atoms in total. The van der Waals surface area contributed by atoms with Gasteiger partial charge in [0.1, 0.15) is 5.69 Å². The van der Waals surface area contributed by atoms with Crippen molar-refractivity contribution in [2.45, 2.75) is 27.2 Å². The van der Waals surface area contributed by atoms with E-state index in [9.17, 15) is 9.59 Å². The van der Waals surface area contributed by atoms with E-state index >= 15 is 0 Å². The first-order valence-electron chi connectivity index (χ1n) is 6.29. The van der Waals surface area contributed by atoms with Crippen LogP contribution < -0.4 is 5.32 Å². The number of rotatable bonds is 5. The third-order valence-corrected chi connectivity index (χ3v) is 2.70. The van der Waals surface area contributed by atoms with Crippen LogP contribution in [0.1, 0.15) is 37.7 Å². The van der Waals surface area contributed by atoms with Crippen molar-refractivity contribution in [2.24, 2.45) is 11.8 Å². The van der Waals surface area contributed by atoms with Crippen molar-refractivity contribution in [2.75, 3.05) is 12.4 Å². The second-order valence-corrected chi connectivity index (χ2v) is 4.94. The molecular weight excluding hydrogens is 244 g/mol. The summed E-state index contributed by atoms with van der Waals surface area (Å²) in [5.41, 5.74) is 0.795. The van der Waals surface area contributed by atoms with E-state index in [0.29, 0.717) is 11.6 Å². The Morgan fingerprint density at radius 1 is 1.32 bits per heavy atom.